The average Bonchev–Trinajstić information content (AvgIpc) is 3.08. The maximum Gasteiger partial charge on any atom is 0.119 e. The molecule has 3 heteroatoms. The van der Waals surface area contributed by atoms with Crippen molar-refractivity contribution in [2.75, 3.05) is 18.6 Å². The summed E-state index contributed by atoms with van der Waals surface area (Å²) in [5.41, 5.74) is 0.376. The molecule has 1 aromatic rings. The third-order valence-electron chi connectivity index (χ3n) is 2.90. The second-order valence-corrected chi connectivity index (χ2v) is 5.32. The van der Waals surface area contributed by atoms with E-state index < -0.39 is 0 Å². The summed E-state index contributed by atoms with van der Waals surface area (Å²) < 4.78 is 5.77. The molecule has 1 aromatic carbocycles. The Hall–Kier alpha value is -0.280. The number of rotatable bonds is 5. The summed E-state index contributed by atoms with van der Waals surface area (Å²) in [6.45, 7) is 0.815. The minimum atomic E-state index is 0.376. The SMILES string of the molecule is CSc1ccc(OCC2(CS)CC2)cc1. The topological polar surface area (TPSA) is 9.23 Å². The first-order valence-corrected chi connectivity index (χ1v) is 7.01. The lowest BCUT2D eigenvalue weighted by molar-refractivity contribution is 0.250. The van der Waals surface area contributed by atoms with Gasteiger partial charge in [0, 0.05) is 10.3 Å². The van der Waals surface area contributed by atoms with E-state index >= 15 is 0 Å². The standard InChI is InChI=1S/C12H16OS2/c1-15-11-4-2-10(3-5-11)13-8-12(9-14)6-7-12/h2-5,14H,6-9H2,1H3. The van der Waals surface area contributed by atoms with Crippen molar-refractivity contribution < 1.29 is 4.74 Å². The molecular weight excluding hydrogens is 224 g/mol. The number of benzene rings is 1. The third kappa shape index (κ3) is 2.85. The molecule has 2 rings (SSSR count). The van der Waals surface area contributed by atoms with Gasteiger partial charge in [0.2, 0.25) is 0 Å². The summed E-state index contributed by atoms with van der Waals surface area (Å²) in [6, 6.07) is 8.28. The number of hydrogen-bond acceptors (Lipinski definition) is 3. The van der Waals surface area contributed by atoms with Crippen LogP contribution in [0.2, 0.25) is 0 Å². The van der Waals surface area contributed by atoms with Gasteiger partial charge in [-0.2, -0.15) is 12.6 Å². The lowest BCUT2D eigenvalue weighted by Gasteiger charge is -2.13. The van der Waals surface area contributed by atoms with Gasteiger partial charge in [0.05, 0.1) is 6.61 Å². The van der Waals surface area contributed by atoms with Crippen LogP contribution in [0, 0.1) is 5.41 Å². The highest BCUT2D eigenvalue weighted by atomic mass is 32.2. The van der Waals surface area contributed by atoms with Crippen molar-refractivity contribution in [1.29, 1.82) is 0 Å². The smallest absolute Gasteiger partial charge is 0.119 e. The van der Waals surface area contributed by atoms with E-state index in [1.54, 1.807) is 11.8 Å². The molecule has 1 aliphatic carbocycles. The van der Waals surface area contributed by atoms with Crippen molar-refractivity contribution in [3.63, 3.8) is 0 Å². The van der Waals surface area contributed by atoms with E-state index in [0.717, 1.165) is 18.1 Å². The van der Waals surface area contributed by atoms with Crippen LogP contribution in [0.1, 0.15) is 12.8 Å². The minimum absolute atomic E-state index is 0.376. The van der Waals surface area contributed by atoms with Gasteiger partial charge in [0.1, 0.15) is 5.75 Å². The molecule has 0 N–H and O–H groups in total. The van der Waals surface area contributed by atoms with Crippen LogP contribution < -0.4 is 4.74 Å². The molecule has 0 amide bonds. The Kier molecular flexibility index (Phi) is 3.52. The Bertz CT molecular complexity index is 317. The van der Waals surface area contributed by atoms with Gasteiger partial charge in [-0.15, -0.1) is 11.8 Å². The fraction of sp³-hybridized carbons (Fsp3) is 0.500. The zero-order valence-electron chi connectivity index (χ0n) is 8.90. The molecule has 0 aromatic heterocycles. The summed E-state index contributed by atoms with van der Waals surface area (Å²) in [6.07, 6.45) is 4.61. The molecule has 0 saturated heterocycles. The molecule has 82 valence electrons. The summed E-state index contributed by atoms with van der Waals surface area (Å²) >= 11 is 6.11. The number of thiol groups is 1. The molecule has 15 heavy (non-hydrogen) atoms. The first kappa shape index (κ1) is 11.2. The van der Waals surface area contributed by atoms with E-state index in [4.69, 9.17) is 4.74 Å². The first-order chi connectivity index (χ1) is 7.28. The van der Waals surface area contributed by atoms with Crippen LogP contribution in [-0.4, -0.2) is 18.6 Å². The third-order valence-corrected chi connectivity index (χ3v) is 4.31. The molecule has 0 heterocycles. The number of thioether (sulfide) groups is 1. The zero-order chi connectivity index (χ0) is 10.7. The van der Waals surface area contributed by atoms with Crippen LogP contribution in [0.3, 0.4) is 0 Å². The summed E-state index contributed by atoms with van der Waals surface area (Å²) in [5.74, 6) is 1.91. The van der Waals surface area contributed by atoms with Gasteiger partial charge < -0.3 is 4.74 Å². The fourth-order valence-corrected chi connectivity index (χ4v) is 2.25. The summed E-state index contributed by atoms with van der Waals surface area (Å²) in [5, 5.41) is 0. The Labute approximate surface area is 101 Å². The van der Waals surface area contributed by atoms with Gasteiger partial charge in [0.25, 0.3) is 0 Å². The highest BCUT2D eigenvalue weighted by Crippen LogP contribution is 2.46. The predicted octanol–water partition coefficient (Wildman–Crippen LogP) is 3.50. The average molecular weight is 240 g/mol. The molecule has 1 saturated carbocycles. The van der Waals surface area contributed by atoms with Crippen LogP contribution in [0.25, 0.3) is 0 Å². The fourth-order valence-electron chi connectivity index (χ4n) is 1.43. The van der Waals surface area contributed by atoms with E-state index in [2.05, 4.69) is 31.0 Å². The largest absolute Gasteiger partial charge is 0.493 e. The van der Waals surface area contributed by atoms with Crippen molar-refractivity contribution in [3.8, 4) is 5.75 Å². The second-order valence-electron chi connectivity index (χ2n) is 4.12. The van der Waals surface area contributed by atoms with Crippen LogP contribution >= 0.6 is 24.4 Å². The van der Waals surface area contributed by atoms with E-state index in [1.165, 1.54) is 17.7 Å². The monoisotopic (exact) mass is 240 g/mol. The predicted molar refractivity (Wildman–Crippen MR) is 69.2 cm³/mol. The van der Waals surface area contributed by atoms with Crippen LogP contribution in [0.15, 0.2) is 29.2 Å². The minimum Gasteiger partial charge on any atom is -0.493 e. The van der Waals surface area contributed by atoms with Crippen molar-refractivity contribution in [3.05, 3.63) is 24.3 Å². The van der Waals surface area contributed by atoms with Crippen molar-refractivity contribution in [2.45, 2.75) is 17.7 Å². The zero-order valence-corrected chi connectivity index (χ0v) is 10.6. The van der Waals surface area contributed by atoms with Crippen molar-refractivity contribution in [2.24, 2.45) is 5.41 Å². The molecule has 1 fully saturated rings. The Morgan fingerprint density at radius 2 is 2.00 bits per heavy atom. The summed E-state index contributed by atoms with van der Waals surface area (Å²) in [7, 11) is 0. The molecule has 0 aliphatic heterocycles. The molecule has 0 atom stereocenters. The second kappa shape index (κ2) is 4.71. The van der Waals surface area contributed by atoms with Crippen molar-refractivity contribution in [1.82, 2.24) is 0 Å². The quantitative estimate of drug-likeness (QED) is 0.623. The van der Waals surface area contributed by atoms with E-state index in [-0.39, 0.29) is 0 Å². The van der Waals surface area contributed by atoms with Gasteiger partial charge in [0.15, 0.2) is 0 Å². The van der Waals surface area contributed by atoms with Crippen LogP contribution in [0.4, 0.5) is 0 Å². The molecule has 1 nitrogen and oxygen atoms in total. The van der Waals surface area contributed by atoms with E-state index in [0.29, 0.717) is 5.41 Å². The van der Waals surface area contributed by atoms with Crippen LogP contribution in [-0.2, 0) is 0 Å². The van der Waals surface area contributed by atoms with Crippen LogP contribution in [0.5, 0.6) is 5.75 Å². The van der Waals surface area contributed by atoms with E-state index in [9.17, 15) is 0 Å². The Morgan fingerprint density at radius 3 is 2.47 bits per heavy atom. The molecule has 0 unspecified atom stereocenters. The van der Waals surface area contributed by atoms with E-state index in [1.807, 2.05) is 12.1 Å². The highest BCUT2D eigenvalue weighted by Gasteiger charge is 2.42. The maximum atomic E-state index is 5.77. The Balaban J connectivity index is 1.88. The molecule has 1 aliphatic rings. The number of hydrogen-bond donors (Lipinski definition) is 1. The van der Waals surface area contributed by atoms with Crippen molar-refractivity contribution >= 4 is 24.4 Å². The van der Waals surface area contributed by atoms with Gasteiger partial charge >= 0.3 is 0 Å². The lowest BCUT2D eigenvalue weighted by Crippen LogP contribution is -2.14. The van der Waals surface area contributed by atoms with Gasteiger partial charge in [-0.05, 0) is 49.1 Å². The van der Waals surface area contributed by atoms with Gasteiger partial charge in [-0.3, -0.25) is 0 Å². The lowest BCUT2D eigenvalue weighted by atomic mass is 10.2. The molecular formula is C12H16OS2. The molecule has 0 radical (unpaired) electrons. The molecule has 0 bridgehead atoms. The van der Waals surface area contributed by atoms with Gasteiger partial charge in [-0.1, -0.05) is 0 Å². The normalized spacial score (nSPS) is 17.5. The maximum absolute atomic E-state index is 5.77. The molecule has 0 spiro atoms. The van der Waals surface area contributed by atoms with Gasteiger partial charge in [-0.25, -0.2) is 0 Å². The summed E-state index contributed by atoms with van der Waals surface area (Å²) in [4.78, 5) is 1.28. The first-order valence-electron chi connectivity index (χ1n) is 5.16. The highest BCUT2D eigenvalue weighted by molar-refractivity contribution is 7.98. The number of ether oxygens (including phenoxy) is 1. The Morgan fingerprint density at radius 1 is 1.33 bits per heavy atom.